The van der Waals surface area contributed by atoms with Crippen LogP contribution in [0.4, 0.5) is 0 Å². The largest absolute Gasteiger partial charge is 0.756 e. The van der Waals surface area contributed by atoms with Gasteiger partial charge in [0.05, 0.1) is 27.7 Å². The van der Waals surface area contributed by atoms with Gasteiger partial charge in [0.2, 0.25) is 0 Å². The molecule has 0 aromatic heterocycles. The van der Waals surface area contributed by atoms with E-state index in [1.165, 1.54) is 6.42 Å². The van der Waals surface area contributed by atoms with Crippen molar-refractivity contribution in [2.45, 2.75) is 116 Å². The molecule has 0 aliphatic rings. The SMILES string of the molecule is CC/C=C\C/C=C\C/C=C\CCCCCC(=O)OC(COC(=O)CCCCCCCC)COP(=O)([O-])OCC[N+](C)(C)C. The van der Waals surface area contributed by atoms with Crippen LogP contribution in [0.2, 0.25) is 0 Å². The highest BCUT2D eigenvalue weighted by Crippen LogP contribution is 2.38. The Labute approximate surface area is 261 Å². The number of allylic oxidation sites excluding steroid dienone is 6. The van der Waals surface area contributed by atoms with E-state index in [9.17, 15) is 19.0 Å². The molecule has 0 bridgehead atoms. The molecule has 43 heavy (non-hydrogen) atoms. The predicted molar refractivity (Wildman–Crippen MR) is 171 cm³/mol. The average Bonchev–Trinajstić information content (AvgIpc) is 2.93. The lowest BCUT2D eigenvalue weighted by Gasteiger charge is -2.28. The van der Waals surface area contributed by atoms with Crippen LogP contribution >= 0.6 is 7.82 Å². The molecule has 2 atom stereocenters. The van der Waals surface area contributed by atoms with E-state index in [4.69, 9.17) is 18.5 Å². The van der Waals surface area contributed by atoms with Crippen molar-refractivity contribution in [2.24, 2.45) is 0 Å². The van der Waals surface area contributed by atoms with Gasteiger partial charge in [0, 0.05) is 12.8 Å². The molecule has 0 heterocycles. The first-order valence-electron chi connectivity index (χ1n) is 16.2. The number of phosphoric acid groups is 1. The Kier molecular flexibility index (Phi) is 25.5. The number of carbonyl (C=O) groups is 2. The maximum absolute atomic E-state index is 12.5. The number of quaternary nitrogens is 1. The van der Waals surface area contributed by atoms with Crippen molar-refractivity contribution in [1.82, 2.24) is 0 Å². The van der Waals surface area contributed by atoms with Gasteiger partial charge in [-0.2, -0.15) is 0 Å². The second kappa shape index (κ2) is 26.6. The van der Waals surface area contributed by atoms with E-state index < -0.39 is 32.5 Å². The molecule has 0 aromatic rings. The molecule has 0 radical (unpaired) electrons. The summed E-state index contributed by atoms with van der Waals surface area (Å²) in [5, 5.41) is 0. The first-order valence-corrected chi connectivity index (χ1v) is 17.7. The van der Waals surface area contributed by atoms with Gasteiger partial charge in [-0.15, -0.1) is 0 Å². The zero-order valence-electron chi connectivity index (χ0n) is 27.6. The molecular weight excluding hydrogens is 569 g/mol. The summed E-state index contributed by atoms with van der Waals surface area (Å²) in [4.78, 5) is 36.9. The second-order valence-corrected chi connectivity index (χ2v) is 13.2. The number of esters is 2. The van der Waals surface area contributed by atoms with Crippen molar-refractivity contribution in [3.05, 3.63) is 36.5 Å². The molecule has 0 aliphatic heterocycles. The number of hydrogen-bond acceptors (Lipinski definition) is 8. The topological polar surface area (TPSA) is 111 Å². The van der Waals surface area contributed by atoms with E-state index in [-0.39, 0.29) is 26.1 Å². The summed E-state index contributed by atoms with van der Waals surface area (Å²) in [6.45, 7) is 3.96. The molecule has 0 rings (SSSR count). The van der Waals surface area contributed by atoms with Crippen LogP contribution in [0.15, 0.2) is 36.5 Å². The van der Waals surface area contributed by atoms with Gasteiger partial charge in [0.1, 0.15) is 19.8 Å². The third-order valence-electron chi connectivity index (χ3n) is 6.42. The number of carbonyl (C=O) groups excluding carboxylic acids is 2. The van der Waals surface area contributed by atoms with Crippen LogP contribution < -0.4 is 4.89 Å². The first kappa shape index (κ1) is 41.2. The van der Waals surface area contributed by atoms with Crippen molar-refractivity contribution in [3.63, 3.8) is 0 Å². The third-order valence-corrected chi connectivity index (χ3v) is 7.39. The summed E-state index contributed by atoms with van der Waals surface area (Å²) in [5.41, 5.74) is 0. The quantitative estimate of drug-likeness (QED) is 0.0294. The fourth-order valence-electron chi connectivity index (χ4n) is 3.84. The molecule has 0 fully saturated rings. The molecule has 10 heteroatoms. The van der Waals surface area contributed by atoms with E-state index >= 15 is 0 Å². The minimum absolute atomic E-state index is 0.0372. The number of unbranched alkanes of at least 4 members (excludes halogenated alkanes) is 8. The maximum atomic E-state index is 12.5. The van der Waals surface area contributed by atoms with Crippen LogP contribution in [0, 0.1) is 0 Å². The molecule has 0 saturated heterocycles. The summed E-state index contributed by atoms with van der Waals surface area (Å²) in [6, 6.07) is 0. The number of hydrogen-bond donors (Lipinski definition) is 0. The van der Waals surface area contributed by atoms with Gasteiger partial charge in [0.25, 0.3) is 7.82 Å². The number of nitrogens with zero attached hydrogens (tertiary/aromatic N) is 1. The lowest BCUT2D eigenvalue weighted by atomic mass is 10.1. The van der Waals surface area contributed by atoms with Gasteiger partial charge in [0.15, 0.2) is 6.10 Å². The fraction of sp³-hybridized carbons (Fsp3) is 0.758. The van der Waals surface area contributed by atoms with Crippen LogP contribution in [-0.2, 0) is 32.7 Å². The first-order chi connectivity index (χ1) is 20.5. The van der Waals surface area contributed by atoms with Gasteiger partial charge in [-0.1, -0.05) is 88.8 Å². The molecule has 0 N–H and O–H groups in total. The van der Waals surface area contributed by atoms with Crippen LogP contribution in [0.1, 0.15) is 110 Å². The van der Waals surface area contributed by atoms with E-state index in [1.807, 2.05) is 21.1 Å². The maximum Gasteiger partial charge on any atom is 0.306 e. The Morgan fingerprint density at radius 1 is 0.744 bits per heavy atom. The minimum atomic E-state index is -4.61. The Bertz CT molecular complexity index is 850. The van der Waals surface area contributed by atoms with Gasteiger partial charge < -0.3 is 27.9 Å². The highest BCUT2D eigenvalue weighted by Gasteiger charge is 2.21. The predicted octanol–water partition coefficient (Wildman–Crippen LogP) is 7.21. The van der Waals surface area contributed by atoms with Crippen molar-refractivity contribution < 1.29 is 42.1 Å². The lowest BCUT2D eigenvalue weighted by molar-refractivity contribution is -0.870. The normalized spacial score (nSPS) is 14.5. The van der Waals surface area contributed by atoms with Gasteiger partial charge >= 0.3 is 11.9 Å². The van der Waals surface area contributed by atoms with Crippen LogP contribution in [-0.4, -0.2) is 70.0 Å². The Morgan fingerprint density at radius 2 is 1.33 bits per heavy atom. The smallest absolute Gasteiger partial charge is 0.306 e. The highest BCUT2D eigenvalue weighted by atomic mass is 31.2. The number of rotatable bonds is 28. The van der Waals surface area contributed by atoms with Crippen LogP contribution in [0.3, 0.4) is 0 Å². The number of likely N-dealkylation sites (N-methyl/N-ethyl adjacent to an activating group) is 1. The molecule has 0 saturated carbocycles. The summed E-state index contributed by atoms with van der Waals surface area (Å²) < 4.78 is 33.4. The number of phosphoric ester groups is 1. The summed E-state index contributed by atoms with van der Waals surface area (Å²) in [7, 11) is 1.14. The molecule has 0 spiro atoms. The average molecular weight is 630 g/mol. The molecular formula is C33H60NO8P. The molecule has 0 aromatic carbocycles. The summed E-state index contributed by atoms with van der Waals surface area (Å²) in [5.74, 6) is -0.886. The molecule has 2 unspecified atom stereocenters. The van der Waals surface area contributed by atoms with Crippen molar-refractivity contribution in [1.29, 1.82) is 0 Å². The monoisotopic (exact) mass is 629 g/mol. The van der Waals surface area contributed by atoms with Crippen molar-refractivity contribution in [2.75, 3.05) is 47.5 Å². The Morgan fingerprint density at radius 3 is 1.98 bits per heavy atom. The number of ether oxygens (including phenoxy) is 2. The molecule has 0 aliphatic carbocycles. The zero-order chi connectivity index (χ0) is 32.2. The van der Waals surface area contributed by atoms with Gasteiger partial charge in [-0.05, 0) is 44.9 Å². The second-order valence-electron chi connectivity index (χ2n) is 11.8. The van der Waals surface area contributed by atoms with Crippen molar-refractivity contribution in [3.8, 4) is 0 Å². The lowest BCUT2D eigenvalue weighted by Crippen LogP contribution is -2.37. The Balaban J connectivity index is 4.56. The van der Waals surface area contributed by atoms with Crippen molar-refractivity contribution >= 4 is 19.8 Å². The Hall–Kier alpha value is -1.77. The summed E-state index contributed by atoms with van der Waals surface area (Å²) >= 11 is 0. The summed E-state index contributed by atoms with van der Waals surface area (Å²) in [6.07, 6.45) is 24.9. The van der Waals surface area contributed by atoms with E-state index in [2.05, 4.69) is 50.3 Å². The fourth-order valence-corrected chi connectivity index (χ4v) is 4.57. The van der Waals surface area contributed by atoms with Gasteiger partial charge in [-0.25, -0.2) is 0 Å². The highest BCUT2D eigenvalue weighted by molar-refractivity contribution is 7.45. The molecule has 9 nitrogen and oxygen atoms in total. The van der Waals surface area contributed by atoms with Gasteiger partial charge in [-0.3, -0.25) is 14.2 Å². The van der Waals surface area contributed by atoms with E-state index in [1.54, 1.807) is 0 Å². The standard InChI is InChI=1S/C33H60NO8P/c1-6-8-10-12-14-15-16-17-18-19-20-22-24-26-33(36)42-31(29-39-32(35)25-23-21-13-11-9-7-2)30-41-43(37,38)40-28-27-34(3,4)5/h8,10,14-15,17-18,31H,6-7,9,11-13,16,19-30H2,1-5H3/b10-8-,15-14-,18-17-. The zero-order valence-corrected chi connectivity index (χ0v) is 28.5. The minimum Gasteiger partial charge on any atom is -0.756 e. The molecule has 0 amide bonds. The molecule has 250 valence electrons. The van der Waals surface area contributed by atoms with Crippen LogP contribution in [0.5, 0.6) is 0 Å². The van der Waals surface area contributed by atoms with Crippen LogP contribution in [0.25, 0.3) is 0 Å². The van der Waals surface area contributed by atoms with E-state index in [0.29, 0.717) is 17.4 Å². The third kappa shape index (κ3) is 30.1. The van der Waals surface area contributed by atoms with E-state index in [0.717, 1.165) is 70.6 Å².